The van der Waals surface area contributed by atoms with E-state index in [0.29, 0.717) is 29.6 Å². The summed E-state index contributed by atoms with van der Waals surface area (Å²) in [7, 11) is 0. The molecule has 4 rings (SSSR count). The quantitative estimate of drug-likeness (QED) is 0.641. The smallest absolute Gasteiger partial charge is 0.326 e. The molecule has 1 aromatic heterocycles. The fraction of sp³-hybridized carbons (Fsp3) is 0.300. The Bertz CT molecular complexity index is 1080. The summed E-state index contributed by atoms with van der Waals surface area (Å²) in [5, 5.41) is 6.15. The van der Waals surface area contributed by atoms with E-state index in [4.69, 9.17) is 0 Å². The number of imidazole rings is 1. The molecule has 3 aromatic rings. The van der Waals surface area contributed by atoms with Crippen molar-refractivity contribution in [2.45, 2.75) is 24.9 Å². The number of para-hydroxylation sites is 2. The van der Waals surface area contributed by atoms with E-state index in [1.807, 2.05) is 6.07 Å². The van der Waals surface area contributed by atoms with Crippen molar-refractivity contribution in [3.8, 4) is 0 Å². The highest BCUT2D eigenvalue weighted by atomic mass is 19.2. The van der Waals surface area contributed by atoms with Gasteiger partial charge in [-0.15, -0.1) is 0 Å². The molecule has 0 saturated carbocycles. The van der Waals surface area contributed by atoms with E-state index in [-0.39, 0.29) is 30.1 Å². The minimum Gasteiger partial charge on any atom is -0.350 e. The first kappa shape index (κ1) is 18.4. The minimum atomic E-state index is -0.897. The molecule has 0 aliphatic carbocycles. The van der Waals surface area contributed by atoms with Crippen LogP contribution in [0.15, 0.2) is 47.3 Å². The van der Waals surface area contributed by atoms with E-state index in [2.05, 4.69) is 15.6 Å². The van der Waals surface area contributed by atoms with Crippen molar-refractivity contribution in [3.05, 3.63) is 70.1 Å². The number of nitrogens with zero attached hydrogens (tertiary/aromatic N) is 1. The predicted molar refractivity (Wildman–Crippen MR) is 101 cm³/mol. The van der Waals surface area contributed by atoms with E-state index >= 15 is 0 Å². The number of aromatic amines is 1. The van der Waals surface area contributed by atoms with Crippen molar-refractivity contribution in [2.75, 3.05) is 13.1 Å². The van der Waals surface area contributed by atoms with Gasteiger partial charge in [-0.25, -0.2) is 13.6 Å². The first-order valence-electron chi connectivity index (χ1n) is 9.15. The van der Waals surface area contributed by atoms with Crippen LogP contribution < -0.4 is 16.3 Å². The number of aromatic nitrogens is 2. The Morgan fingerprint density at radius 3 is 2.82 bits per heavy atom. The number of rotatable bonds is 4. The number of nitrogens with one attached hydrogen (secondary N) is 3. The maximum atomic E-state index is 13.6. The van der Waals surface area contributed by atoms with Crippen molar-refractivity contribution in [1.82, 2.24) is 20.2 Å². The van der Waals surface area contributed by atoms with Gasteiger partial charge in [0.25, 0.3) is 0 Å². The lowest BCUT2D eigenvalue weighted by Gasteiger charge is -2.33. The van der Waals surface area contributed by atoms with E-state index in [9.17, 15) is 18.4 Å². The molecule has 2 aromatic carbocycles. The van der Waals surface area contributed by atoms with Gasteiger partial charge in [0.05, 0.1) is 11.0 Å². The van der Waals surface area contributed by atoms with Crippen LogP contribution in [0.2, 0.25) is 0 Å². The molecule has 1 aliphatic heterocycles. The van der Waals surface area contributed by atoms with E-state index in [1.54, 1.807) is 24.3 Å². The molecule has 2 unspecified atom stereocenters. The highest BCUT2D eigenvalue weighted by molar-refractivity contribution is 5.80. The molecule has 146 valence electrons. The van der Waals surface area contributed by atoms with Crippen LogP contribution in [0, 0.1) is 11.6 Å². The van der Waals surface area contributed by atoms with E-state index in [1.165, 1.54) is 10.6 Å². The summed E-state index contributed by atoms with van der Waals surface area (Å²) in [5.41, 5.74) is 1.62. The lowest BCUT2D eigenvalue weighted by Crippen LogP contribution is -2.51. The zero-order chi connectivity index (χ0) is 19.7. The molecule has 0 radical (unpaired) electrons. The average molecular weight is 386 g/mol. The first-order chi connectivity index (χ1) is 13.5. The number of hydrogen-bond donors (Lipinski definition) is 3. The third-order valence-electron chi connectivity index (χ3n) is 5.18. The fourth-order valence-corrected chi connectivity index (χ4v) is 3.81. The topological polar surface area (TPSA) is 78.9 Å². The van der Waals surface area contributed by atoms with Gasteiger partial charge in [-0.05, 0) is 42.8 Å². The van der Waals surface area contributed by atoms with Gasteiger partial charge in [-0.3, -0.25) is 9.36 Å². The van der Waals surface area contributed by atoms with Crippen molar-refractivity contribution < 1.29 is 13.6 Å². The standard InChI is InChI=1S/C20H20F2N4O2/c21-14-6-5-12(9-15(14)22)13-7-8-23-10-17(13)24-19(27)11-26-18-4-2-1-3-16(18)25-20(26)28/h1-6,9,13,17,23H,7-8,10-11H2,(H,24,27)(H,25,28). The summed E-state index contributed by atoms with van der Waals surface area (Å²) in [4.78, 5) is 27.5. The van der Waals surface area contributed by atoms with E-state index < -0.39 is 11.6 Å². The number of benzene rings is 2. The van der Waals surface area contributed by atoms with Crippen LogP contribution in [0.4, 0.5) is 8.78 Å². The molecular weight excluding hydrogens is 366 g/mol. The number of fused-ring (bicyclic) bond motifs is 1. The summed E-state index contributed by atoms with van der Waals surface area (Å²) in [6.07, 6.45) is 0.684. The summed E-state index contributed by atoms with van der Waals surface area (Å²) in [6.45, 7) is 1.11. The number of amides is 1. The van der Waals surface area contributed by atoms with Gasteiger partial charge in [0, 0.05) is 18.5 Å². The minimum absolute atomic E-state index is 0.121. The van der Waals surface area contributed by atoms with Gasteiger partial charge in [0.1, 0.15) is 6.54 Å². The number of carbonyl (C=O) groups is 1. The number of halogens is 2. The maximum absolute atomic E-state index is 13.6. The Kier molecular flexibility index (Phi) is 4.95. The second-order valence-electron chi connectivity index (χ2n) is 6.98. The van der Waals surface area contributed by atoms with Crippen LogP contribution in [0.5, 0.6) is 0 Å². The second-order valence-corrected chi connectivity index (χ2v) is 6.98. The second kappa shape index (κ2) is 7.55. The SMILES string of the molecule is O=C(Cn1c(=O)[nH]c2ccccc21)NC1CNCCC1c1ccc(F)c(F)c1. The number of piperidine rings is 1. The largest absolute Gasteiger partial charge is 0.350 e. The van der Waals surface area contributed by atoms with Crippen LogP contribution in [0.3, 0.4) is 0 Å². The maximum Gasteiger partial charge on any atom is 0.326 e. The van der Waals surface area contributed by atoms with E-state index in [0.717, 1.165) is 12.6 Å². The van der Waals surface area contributed by atoms with Crippen LogP contribution >= 0.6 is 0 Å². The predicted octanol–water partition coefficient (Wildman–Crippen LogP) is 1.87. The normalized spacial score (nSPS) is 19.6. The molecule has 1 saturated heterocycles. The number of H-pyrrole nitrogens is 1. The Morgan fingerprint density at radius 2 is 2.00 bits per heavy atom. The van der Waals surface area contributed by atoms with Gasteiger partial charge in [0.2, 0.25) is 5.91 Å². The Morgan fingerprint density at radius 1 is 1.18 bits per heavy atom. The first-order valence-corrected chi connectivity index (χ1v) is 9.15. The van der Waals surface area contributed by atoms with Crippen LogP contribution in [0.1, 0.15) is 17.9 Å². The van der Waals surface area contributed by atoms with Crippen molar-refractivity contribution >= 4 is 16.9 Å². The Hall–Kier alpha value is -3.00. The van der Waals surface area contributed by atoms with Crippen LogP contribution in [-0.2, 0) is 11.3 Å². The van der Waals surface area contributed by atoms with Gasteiger partial charge >= 0.3 is 5.69 Å². The lowest BCUT2D eigenvalue weighted by molar-refractivity contribution is -0.122. The highest BCUT2D eigenvalue weighted by Gasteiger charge is 2.28. The van der Waals surface area contributed by atoms with Gasteiger partial charge in [0.15, 0.2) is 11.6 Å². The number of hydrogen-bond acceptors (Lipinski definition) is 3. The molecule has 1 amide bonds. The third-order valence-corrected chi connectivity index (χ3v) is 5.18. The highest BCUT2D eigenvalue weighted by Crippen LogP contribution is 2.27. The van der Waals surface area contributed by atoms with Gasteiger partial charge < -0.3 is 15.6 Å². The average Bonchev–Trinajstić information content (AvgIpc) is 3.00. The zero-order valence-electron chi connectivity index (χ0n) is 15.0. The molecule has 1 fully saturated rings. The van der Waals surface area contributed by atoms with Crippen molar-refractivity contribution in [1.29, 1.82) is 0 Å². The molecule has 0 bridgehead atoms. The molecule has 0 spiro atoms. The van der Waals surface area contributed by atoms with Crippen LogP contribution in [0.25, 0.3) is 11.0 Å². The Balaban J connectivity index is 1.52. The molecule has 2 atom stereocenters. The summed E-state index contributed by atoms with van der Waals surface area (Å²) in [6, 6.07) is 10.7. The molecule has 2 heterocycles. The van der Waals surface area contributed by atoms with Gasteiger partial charge in [-0.2, -0.15) is 0 Å². The summed E-state index contributed by atoms with van der Waals surface area (Å²) >= 11 is 0. The molecule has 8 heteroatoms. The van der Waals surface area contributed by atoms with Crippen molar-refractivity contribution in [3.63, 3.8) is 0 Å². The lowest BCUT2D eigenvalue weighted by atomic mass is 9.86. The molecule has 6 nitrogen and oxygen atoms in total. The summed E-state index contributed by atoms with van der Waals surface area (Å²) < 4.78 is 28.3. The molecule has 3 N–H and O–H groups in total. The molecule has 1 aliphatic rings. The van der Waals surface area contributed by atoms with Crippen LogP contribution in [-0.4, -0.2) is 34.6 Å². The van der Waals surface area contributed by atoms with Crippen molar-refractivity contribution in [2.24, 2.45) is 0 Å². The zero-order valence-corrected chi connectivity index (χ0v) is 15.0. The third kappa shape index (κ3) is 3.55. The monoisotopic (exact) mass is 386 g/mol. The fourth-order valence-electron chi connectivity index (χ4n) is 3.81. The number of carbonyl (C=O) groups excluding carboxylic acids is 1. The summed E-state index contributed by atoms with van der Waals surface area (Å²) in [5.74, 6) is -2.24. The van der Waals surface area contributed by atoms with Gasteiger partial charge in [-0.1, -0.05) is 18.2 Å². The molecule has 28 heavy (non-hydrogen) atoms. The molecular formula is C20H20F2N4O2. The Labute approximate surface area is 159 Å².